The van der Waals surface area contributed by atoms with E-state index in [-0.39, 0.29) is 11.9 Å². The maximum Gasteiger partial charge on any atom is 0.237 e. The molecular formula is C21H37ClN2O6S. The fourth-order valence-corrected chi connectivity index (χ4v) is 6.15. The summed E-state index contributed by atoms with van der Waals surface area (Å²) in [5.74, 6) is -0.537. The summed E-state index contributed by atoms with van der Waals surface area (Å²) < 4.78 is 30.3. The van der Waals surface area contributed by atoms with Gasteiger partial charge in [0.05, 0.1) is 28.3 Å². The predicted octanol–water partition coefficient (Wildman–Crippen LogP) is 1.20. The van der Waals surface area contributed by atoms with Gasteiger partial charge in [0.1, 0.15) is 24.4 Å². The van der Waals surface area contributed by atoms with E-state index in [0.29, 0.717) is 5.92 Å². The first-order chi connectivity index (χ1) is 14.4. The van der Waals surface area contributed by atoms with Gasteiger partial charge in [0, 0.05) is 12.8 Å². The van der Waals surface area contributed by atoms with Crippen LogP contribution in [-0.4, -0.2) is 93.1 Å². The van der Waals surface area contributed by atoms with Crippen LogP contribution >= 0.6 is 11.6 Å². The number of alkyl halides is 1. The number of nitrogens with one attached hydrogen (secondary N) is 1. The number of likely N-dealkylation sites (tertiary alicyclic amines) is 1. The lowest BCUT2D eigenvalue weighted by molar-refractivity contribution is -0.169. The number of hydrogen-bond donors (Lipinski definition) is 2. The normalized spacial score (nSPS) is 40.8. The van der Waals surface area contributed by atoms with E-state index in [1.165, 1.54) is 6.26 Å². The van der Waals surface area contributed by atoms with Crippen molar-refractivity contribution >= 4 is 28.3 Å². The standard InChI is InChI=1S/C21H37ClN2O6S/c1-7-8-12-9-13(24(5)10-12)19(26)23-14(11(2)22)16-18-17(29-21(3,4)30-18)15(25)20(28-16)31(6)27/h11-18,20,25H,7-10H2,1-6H3,(H,23,26)/t11-,12-,13+,14-,15-,16?,17-,18+,20-,31+/m1/s1. The number of fused-ring (bicyclic) bond motifs is 1. The Morgan fingerprint density at radius 1 is 1.35 bits per heavy atom. The molecule has 10 heteroatoms. The van der Waals surface area contributed by atoms with Gasteiger partial charge in [0.2, 0.25) is 5.91 Å². The highest BCUT2D eigenvalue weighted by atomic mass is 35.5. The number of nitrogens with zero attached hydrogens (tertiary/aromatic N) is 1. The summed E-state index contributed by atoms with van der Waals surface area (Å²) >= 11 is 6.52. The van der Waals surface area contributed by atoms with Gasteiger partial charge in [-0.05, 0) is 46.6 Å². The Morgan fingerprint density at radius 2 is 2.00 bits per heavy atom. The van der Waals surface area contributed by atoms with E-state index in [1.54, 1.807) is 20.8 Å². The van der Waals surface area contributed by atoms with E-state index >= 15 is 0 Å². The van der Waals surface area contributed by atoms with E-state index in [1.807, 2.05) is 7.05 Å². The summed E-state index contributed by atoms with van der Waals surface area (Å²) in [7, 11) is 0.501. The Hall–Kier alpha value is -0.290. The molecule has 0 spiro atoms. The minimum Gasteiger partial charge on any atom is -0.387 e. The minimum atomic E-state index is -1.47. The molecule has 180 valence electrons. The summed E-state index contributed by atoms with van der Waals surface area (Å²) in [5, 5.41) is 13.3. The van der Waals surface area contributed by atoms with Crippen LogP contribution in [0.2, 0.25) is 0 Å². The lowest BCUT2D eigenvalue weighted by atomic mass is 9.92. The third-order valence-electron chi connectivity index (χ3n) is 6.51. The Labute approximate surface area is 192 Å². The van der Waals surface area contributed by atoms with E-state index in [4.69, 9.17) is 25.8 Å². The molecule has 3 fully saturated rings. The summed E-state index contributed by atoms with van der Waals surface area (Å²) in [4.78, 5) is 15.3. The zero-order chi connectivity index (χ0) is 23.1. The maximum atomic E-state index is 13.2. The molecule has 0 saturated carbocycles. The molecule has 10 atom stereocenters. The predicted molar refractivity (Wildman–Crippen MR) is 119 cm³/mol. The Balaban J connectivity index is 1.80. The third-order valence-corrected chi connectivity index (χ3v) is 7.83. The number of ether oxygens (including phenoxy) is 3. The van der Waals surface area contributed by atoms with Gasteiger partial charge in [-0.2, -0.15) is 0 Å². The van der Waals surface area contributed by atoms with Crippen LogP contribution in [-0.2, 0) is 29.8 Å². The van der Waals surface area contributed by atoms with Gasteiger partial charge >= 0.3 is 0 Å². The molecule has 3 heterocycles. The van der Waals surface area contributed by atoms with Gasteiger partial charge in [0.25, 0.3) is 0 Å². The van der Waals surface area contributed by atoms with Crippen molar-refractivity contribution < 1.29 is 28.3 Å². The SMILES string of the molecule is CCC[C@@H]1C[C@@H](C(=O)N[C@@H](C2O[C@H]([S@](C)=O)[C@H](O)[C@H]3OC(C)(C)O[C@@H]23)[C@@H](C)Cl)N(C)C1. The molecule has 0 aromatic heterocycles. The third kappa shape index (κ3) is 5.45. The highest BCUT2D eigenvalue weighted by Crippen LogP contribution is 2.40. The molecule has 0 aromatic rings. The summed E-state index contributed by atoms with van der Waals surface area (Å²) in [6.45, 7) is 8.35. The van der Waals surface area contributed by atoms with Crippen LogP contribution in [0, 0.1) is 5.92 Å². The number of aliphatic hydroxyl groups is 1. The molecule has 0 bridgehead atoms. The van der Waals surface area contributed by atoms with Crippen molar-refractivity contribution in [3.8, 4) is 0 Å². The first-order valence-corrected chi connectivity index (χ1v) is 13.2. The highest BCUT2D eigenvalue weighted by molar-refractivity contribution is 7.84. The lowest BCUT2D eigenvalue weighted by Gasteiger charge is -2.43. The quantitative estimate of drug-likeness (QED) is 0.528. The molecule has 3 aliphatic rings. The first-order valence-electron chi connectivity index (χ1n) is 11.1. The number of rotatable bonds is 7. The van der Waals surface area contributed by atoms with Crippen LogP contribution in [0.1, 0.15) is 47.0 Å². The van der Waals surface area contributed by atoms with Crippen LogP contribution < -0.4 is 5.32 Å². The molecule has 31 heavy (non-hydrogen) atoms. The molecule has 0 radical (unpaired) electrons. The van der Waals surface area contributed by atoms with Gasteiger partial charge in [-0.15, -0.1) is 11.6 Å². The van der Waals surface area contributed by atoms with E-state index in [2.05, 4.69) is 17.1 Å². The first kappa shape index (κ1) is 25.3. The van der Waals surface area contributed by atoms with Crippen molar-refractivity contribution in [1.29, 1.82) is 0 Å². The van der Waals surface area contributed by atoms with Crippen LogP contribution in [0.15, 0.2) is 0 Å². The molecule has 3 aliphatic heterocycles. The molecule has 8 nitrogen and oxygen atoms in total. The van der Waals surface area contributed by atoms with Crippen LogP contribution in [0.4, 0.5) is 0 Å². The fourth-order valence-electron chi connectivity index (χ4n) is 5.11. The van der Waals surface area contributed by atoms with Crippen LogP contribution in [0.25, 0.3) is 0 Å². The molecule has 1 unspecified atom stereocenters. The van der Waals surface area contributed by atoms with Gasteiger partial charge in [0.15, 0.2) is 11.2 Å². The largest absolute Gasteiger partial charge is 0.387 e. The van der Waals surface area contributed by atoms with Crippen molar-refractivity contribution in [3.05, 3.63) is 0 Å². The van der Waals surface area contributed by atoms with Crippen molar-refractivity contribution in [2.45, 2.75) is 100 Å². The van der Waals surface area contributed by atoms with Crippen molar-refractivity contribution in [2.24, 2.45) is 5.92 Å². The number of carbonyl (C=O) groups excluding carboxylic acids is 1. The number of amides is 1. The van der Waals surface area contributed by atoms with Crippen molar-refractivity contribution in [3.63, 3.8) is 0 Å². The topological polar surface area (TPSA) is 97.3 Å². The molecule has 1 amide bonds. The van der Waals surface area contributed by atoms with Crippen LogP contribution in [0.3, 0.4) is 0 Å². The monoisotopic (exact) mass is 480 g/mol. The molecule has 3 rings (SSSR count). The van der Waals surface area contributed by atoms with E-state index in [0.717, 1.165) is 25.8 Å². The maximum absolute atomic E-state index is 13.2. The second-order valence-electron chi connectivity index (χ2n) is 9.58. The van der Waals surface area contributed by atoms with Gasteiger partial charge in [-0.1, -0.05) is 13.3 Å². The number of likely N-dealkylation sites (N-methyl/N-ethyl adjacent to an activating group) is 1. The van der Waals surface area contributed by atoms with Gasteiger partial charge < -0.3 is 24.6 Å². The summed E-state index contributed by atoms with van der Waals surface area (Å²) in [6, 6.07) is -0.830. The molecule has 0 aliphatic carbocycles. The van der Waals surface area contributed by atoms with Crippen LogP contribution in [0.5, 0.6) is 0 Å². The number of carbonyl (C=O) groups is 1. The number of halogens is 1. The van der Waals surface area contributed by atoms with Gasteiger partial charge in [-0.25, -0.2) is 0 Å². The van der Waals surface area contributed by atoms with E-state index in [9.17, 15) is 14.1 Å². The minimum absolute atomic E-state index is 0.0998. The highest BCUT2D eigenvalue weighted by Gasteiger charge is 2.58. The van der Waals surface area contributed by atoms with Crippen molar-refractivity contribution in [2.75, 3.05) is 19.8 Å². The smallest absolute Gasteiger partial charge is 0.237 e. The lowest BCUT2D eigenvalue weighted by Crippen LogP contribution is -2.65. The molecule has 2 N–H and O–H groups in total. The summed E-state index contributed by atoms with van der Waals surface area (Å²) in [6.07, 6.45) is 1.30. The Kier molecular flexibility index (Phi) is 8.10. The average Bonchev–Trinajstić information content (AvgIpc) is 3.19. The van der Waals surface area contributed by atoms with E-state index < -0.39 is 57.9 Å². The second-order valence-corrected chi connectivity index (χ2v) is 11.7. The average molecular weight is 481 g/mol. The zero-order valence-corrected chi connectivity index (χ0v) is 20.8. The Morgan fingerprint density at radius 3 is 2.58 bits per heavy atom. The number of hydrogen-bond acceptors (Lipinski definition) is 7. The second kappa shape index (κ2) is 9.91. The van der Waals surface area contributed by atoms with Crippen molar-refractivity contribution in [1.82, 2.24) is 10.2 Å². The molecule has 0 aromatic carbocycles. The summed E-state index contributed by atoms with van der Waals surface area (Å²) in [5.41, 5.74) is -0.957. The fraction of sp³-hybridized carbons (Fsp3) is 0.952. The number of aliphatic hydroxyl groups excluding tert-OH is 1. The molecular weight excluding hydrogens is 444 g/mol. The van der Waals surface area contributed by atoms with Gasteiger partial charge in [-0.3, -0.25) is 13.9 Å². The zero-order valence-electron chi connectivity index (χ0n) is 19.2. The Bertz CT molecular complexity index is 680. The molecule has 3 saturated heterocycles.